The number of rotatable bonds is 5. The summed E-state index contributed by atoms with van der Waals surface area (Å²) in [5.41, 5.74) is 2.56. The first-order valence-corrected chi connectivity index (χ1v) is 12.0. The Balaban J connectivity index is 1.30. The molecule has 0 unspecified atom stereocenters. The molecule has 28 heavy (non-hydrogen) atoms. The van der Waals surface area contributed by atoms with E-state index in [2.05, 4.69) is 17.4 Å². The first-order valence-electron chi connectivity index (χ1n) is 9.67. The summed E-state index contributed by atoms with van der Waals surface area (Å²) < 4.78 is 27.1. The molecule has 1 aromatic carbocycles. The fourth-order valence-electron chi connectivity index (χ4n) is 4.01. The molecule has 0 spiro atoms. The number of amides is 1. The molecule has 1 aliphatic heterocycles. The molecule has 8 heteroatoms. The Morgan fingerprint density at radius 2 is 1.89 bits per heavy atom. The van der Waals surface area contributed by atoms with Gasteiger partial charge in [-0.1, -0.05) is 30.3 Å². The highest BCUT2D eigenvalue weighted by Gasteiger charge is 2.30. The van der Waals surface area contributed by atoms with Gasteiger partial charge in [-0.3, -0.25) is 9.69 Å². The normalized spacial score (nSPS) is 21.2. The number of hydrogen-bond donors (Lipinski definition) is 1. The Morgan fingerprint density at radius 3 is 2.64 bits per heavy atom. The molecule has 1 fully saturated rings. The molecule has 0 radical (unpaired) electrons. The zero-order valence-electron chi connectivity index (χ0n) is 15.7. The van der Waals surface area contributed by atoms with Crippen LogP contribution in [0, 0.1) is 0 Å². The number of nitrogens with zero attached hydrogens (tertiary/aromatic N) is 2. The predicted molar refractivity (Wildman–Crippen MR) is 110 cm³/mol. The van der Waals surface area contributed by atoms with E-state index in [0.29, 0.717) is 36.9 Å². The van der Waals surface area contributed by atoms with Crippen LogP contribution in [0.5, 0.6) is 0 Å². The smallest absolute Gasteiger partial charge is 0.252 e. The third kappa shape index (κ3) is 4.15. The van der Waals surface area contributed by atoms with Gasteiger partial charge in [0.1, 0.15) is 4.21 Å². The van der Waals surface area contributed by atoms with Crippen molar-refractivity contribution in [1.82, 2.24) is 14.5 Å². The Bertz CT molecular complexity index is 920. The van der Waals surface area contributed by atoms with Crippen molar-refractivity contribution in [3.8, 4) is 0 Å². The molecule has 0 saturated carbocycles. The van der Waals surface area contributed by atoms with E-state index in [4.69, 9.17) is 0 Å². The molecule has 2 aromatic rings. The van der Waals surface area contributed by atoms with Gasteiger partial charge in [0.2, 0.25) is 5.91 Å². The number of aryl methyl sites for hydroxylation is 1. The van der Waals surface area contributed by atoms with Crippen LogP contribution >= 0.6 is 11.3 Å². The third-order valence-electron chi connectivity index (χ3n) is 5.49. The highest BCUT2D eigenvalue weighted by molar-refractivity contribution is 7.91. The van der Waals surface area contributed by atoms with Crippen molar-refractivity contribution >= 4 is 27.3 Å². The lowest BCUT2D eigenvalue weighted by Gasteiger charge is -2.34. The fourth-order valence-corrected chi connectivity index (χ4v) is 6.58. The van der Waals surface area contributed by atoms with Crippen LogP contribution in [0.2, 0.25) is 0 Å². The van der Waals surface area contributed by atoms with Crippen molar-refractivity contribution in [1.29, 1.82) is 0 Å². The van der Waals surface area contributed by atoms with Gasteiger partial charge in [-0.25, -0.2) is 8.42 Å². The summed E-state index contributed by atoms with van der Waals surface area (Å²) in [4.78, 5) is 14.6. The number of nitrogens with one attached hydrogen (secondary N) is 1. The molecule has 1 aliphatic carbocycles. The maximum absolute atomic E-state index is 12.6. The monoisotopic (exact) mass is 419 g/mol. The summed E-state index contributed by atoms with van der Waals surface area (Å²) in [7, 11) is -3.40. The van der Waals surface area contributed by atoms with E-state index in [0.717, 1.165) is 19.3 Å². The van der Waals surface area contributed by atoms with E-state index >= 15 is 0 Å². The van der Waals surface area contributed by atoms with Crippen LogP contribution in [0.4, 0.5) is 0 Å². The van der Waals surface area contributed by atoms with Gasteiger partial charge in [0.05, 0.1) is 12.6 Å². The molecule has 2 heterocycles. The number of carbonyl (C=O) groups excluding carboxylic acids is 1. The topological polar surface area (TPSA) is 69.7 Å². The summed E-state index contributed by atoms with van der Waals surface area (Å²) in [6.07, 6.45) is 3.13. The van der Waals surface area contributed by atoms with Crippen LogP contribution in [-0.2, 0) is 21.2 Å². The molecule has 1 atom stereocenters. The number of fused-ring (bicyclic) bond motifs is 1. The second-order valence-electron chi connectivity index (χ2n) is 7.32. The molecular formula is C20H25N3O3S2. The second kappa shape index (κ2) is 8.32. The minimum Gasteiger partial charge on any atom is -0.348 e. The van der Waals surface area contributed by atoms with Crippen LogP contribution < -0.4 is 5.32 Å². The fraction of sp³-hybridized carbons (Fsp3) is 0.450. The van der Waals surface area contributed by atoms with Gasteiger partial charge < -0.3 is 5.32 Å². The Hall–Kier alpha value is -1.74. The molecule has 150 valence electrons. The lowest BCUT2D eigenvalue weighted by Crippen LogP contribution is -2.51. The van der Waals surface area contributed by atoms with Crippen LogP contribution in [-0.4, -0.2) is 56.3 Å². The number of benzene rings is 1. The average molecular weight is 420 g/mol. The predicted octanol–water partition coefficient (Wildman–Crippen LogP) is 2.25. The first-order chi connectivity index (χ1) is 13.5. The Kier molecular flexibility index (Phi) is 5.82. The summed E-state index contributed by atoms with van der Waals surface area (Å²) in [5.74, 6) is 0.0104. The van der Waals surface area contributed by atoms with Crippen LogP contribution in [0.1, 0.15) is 30.0 Å². The molecule has 0 bridgehead atoms. The van der Waals surface area contributed by atoms with Gasteiger partial charge in [-0.05, 0) is 41.8 Å². The lowest BCUT2D eigenvalue weighted by molar-refractivity contribution is -0.123. The molecule has 1 saturated heterocycles. The number of piperazine rings is 1. The van der Waals surface area contributed by atoms with E-state index in [1.807, 2.05) is 17.0 Å². The molecule has 4 rings (SSSR count). The SMILES string of the molecule is O=C(CN1CCN(S(=O)(=O)c2cccs2)CC1)N[C@@H]1CCCc2ccccc21. The zero-order valence-corrected chi connectivity index (χ0v) is 17.3. The highest BCUT2D eigenvalue weighted by Crippen LogP contribution is 2.29. The minimum absolute atomic E-state index is 0.0104. The average Bonchev–Trinajstić information content (AvgIpc) is 3.24. The number of thiophene rings is 1. The summed E-state index contributed by atoms with van der Waals surface area (Å²) in [6, 6.07) is 11.8. The van der Waals surface area contributed by atoms with E-state index in [9.17, 15) is 13.2 Å². The number of carbonyl (C=O) groups is 1. The van der Waals surface area contributed by atoms with Gasteiger partial charge in [-0.15, -0.1) is 11.3 Å². The van der Waals surface area contributed by atoms with Crippen LogP contribution in [0.3, 0.4) is 0 Å². The summed E-state index contributed by atoms with van der Waals surface area (Å²) in [6.45, 7) is 2.28. The van der Waals surface area contributed by atoms with E-state index in [-0.39, 0.29) is 11.9 Å². The van der Waals surface area contributed by atoms with Crippen molar-refractivity contribution in [3.63, 3.8) is 0 Å². The van der Waals surface area contributed by atoms with E-state index in [1.165, 1.54) is 26.8 Å². The molecule has 1 N–H and O–H groups in total. The minimum atomic E-state index is -3.40. The largest absolute Gasteiger partial charge is 0.348 e. The van der Waals surface area contributed by atoms with Crippen LogP contribution in [0.25, 0.3) is 0 Å². The standard InChI is InChI=1S/C20H25N3O3S2/c24-19(21-18-8-3-6-16-5-1-2-7-17(16)18)15-22-10-12-23(13-11-22)28(25,26)20-9-4-14-27-20/h1-2,4-5,7,9,14,18H,3,6,8,10-13,15H2,(H,21,24)/t18-/m1/s1. The van der Waals surface area contributed by atoms with Gasteiger partial charge >= 0.3 is 0 Å². The summed E-state index contributed by atoms with van der Waals surface area (Å²) in [5, 5.41) is 4.95. The molecule has 6 nitrogen and oxygen atoms in total. The quantitative estimate of drug-likeness (QED) is 0.807. The van der Waals surface area contributed by atoms with E-state index < -0.39 is 10.0 Å². The van der Waals surface area contributed by atoms with Crippen molar-refractivity contribution in [2.45, 2.75) is 29.5 Å². The highest BCUT2D eigenvalue weighted by atomic mass is 32.2. The van der Waals surface area contributed by atoms with Gasteiger partial charge in [0.15, 0.2) is 0 Å². The maximum Gasteiger partial charge on any atom is 0.252 e. The lowest BCUT2D eigenvalue weighted by atomic mass is 9.88. The number of hydrogen-bond acceptors (Lipinski definition) is 5. The van der Waals surface area contributed by atoms with Gasteiger partial charge in [0, 0.05) is 26.2 Å². The third-order valence-corrected chi connectivity index (χ3v) is 8.76. The van der Waals surface area contributed by atoms with Crippen molar-refractivity contribution in [3.05, 3.63) is 52.9 Å². The number of sulfonamides is 1. The molecule has 1 aromatic heterocycles. The molecule has 1 amide bonds. The Labute approximate surface area is 170 Å². The van der Waals surface area contributed by atoms with Gasteiger partial charge in [0.25, 0.3) is 10.0 Å². The zero-order chi connectivity index (χ0) is 19.6. The van der Waals surface area contributed by atoms with Crippen molar-refractivity contribution in [2.24, 2.45) is 0 Å². The maximum atomic E-state index is 12.6. The first kappa shape index (κ1) is 19.6. The van der Waals surface area contributed by atoms with E-state index in [1.54, 1.807) is 17.5 Å². The molecular weight excluding hydrogens is 394 g/mol. The van der Waals surface area contributed by atoms with Crippen molar-refractivity contribution < 1.29 is 13.2 Å². The van der Waals surface area contributed by atoms with Crippen molar-refractivity contribution in [2.75, 3.05) is 32.7 Å². The second-order valence-corrected chi connectivity index (χ2v) is 10.4. The van der Waals surface area contributed by atoms with Gasteiger partial charge in [-0.2, -0.15) is 4.31 Å². The summed E-state index contributed by atoms with van der Waals surface area (Å²) >= 11 is 1.24. The Morgan fingerprint density at radius 1 is 1.11 bits per heavy atom. The molecule has 2 aliphatic rings. The van der Waals surface area contributed by atoms with Crippen LogP contribution in [0.15, 0.2) is 46.0 Å².